The van der Waals surface area contributed by atoms with Gasteiger partial charge in [-0.25, -0.2) is 4.79 Å². The van der Waals surface area contributed by atoms with Crippen molar-refractivity contribution in [2.75, 3.05) is 13.2 Å². The van der Waals surface area contributed by atoms with Gasteiger partial charge in [0, 0.05) is 11.4 Å². The Morgan fingerprint density at radius 1 is 1.04 bits per heavy atom. The van der Waals surface area contributed by atoms with Crippen molar-refractivity contribution >= 4 is 17.6 Å². The predicted octanol–water partition coefficient (Wildman–Crippen LogP) is 3.58. The summed E-state index contributed by atoms with van der Waals surface area (Å²) in [5.74, 6) is 0.141. The van der Waals surface area contributed by atoms with Crippen molar-refractivity contribution in [3.8, 4) is 11.5 Å². The fourth-order valence-corrected chi connectivity index (χ4v) is 2.59. The number of carboxylic acids is 1. The molecule has 0 aliphatic heterocycles. The van der Waals surface area contributed by atoms with E-state index in [1.807, 2.05) is 6.07 Å². The van der Waals surface area contributed by atoms with Gasteiger partial charge in [0.15, 0.2) is 6.10 Å². The van der Waals surface area contributed by atoms with Gasteiger partial charge in [0.1, 0.15) is 30.8 Å². The molecule has 2 atom stereocenters. The van der Waals surface area contributed by atoms with Crippen LogP contribution >= 0.6 is 11.6 Å². The van der Waals surface area contributed by atoms with Gasteiger partial charge in [-0.3, -0.25) is 0 Å². The zero-order chi connectivity index (χ0) is 20.5. The second kappa shape index (κ2) is 10.9. The lowest BCUT2D eigenvalue weighted by Crippen LogP contribution is -2.29. The van der Waals surface area contributed by atoms with Gasteiger partial charge in [0.25, 0.3) is 0 Å². The maximum absolute atomic E-state index is 11.3. The number of hydrogen-bond donors (Lipinski definition) is 2. The van der Waals surface area contributed by atoms with Crippen molar-refractivity contribution in [3.05, 3.63) is 59.1 Å². The first kappa shape index (κ1) is 22.0. The Morgan fingerprint density at radius 3 is 2.29 bits per heavy atom. The second-order valence-electron chi connectivity index (χ2n) is 6.59. The zero-order valence-corrected chi connectivity index (χ0v) is 16.6. The molecule has 6 nitrogen and oxygen atoms in total. The van der Waals surface area contributed by atoms with E-state index < -0.39 is 18.2 Å². The molecule has 28 heavy (non-hydrogen) atoms. The summed E-state index contributed by atoms with van der Waals surface area (Å²) in [6.45, 7) is 3.71. The quantitative estimate of drug-likeness (QED) is 0.591. The van der Waals surface area contributed by atoms with Crippen LogP contribution in [0.25, 0.3) is 0 Å². The molecule has 2 rings (SSSR count). The van der Waals surface area contributed by atoms with Crippen LogP contribution in [0.4, 0.5) is 0 Å². The van der Waals surface area contributed by atoms with Gasteiger partial charge >= 0.3 is 5.97 Å². The first-order valence-electron chi connectivity index (χ1n) is 9.00. The first-order chi connectivity index (χ1) is 13.3. The molecule has 0 unspecified atom stereocenters. The summed E-state index contributed by atoms with van der Waals surface area (Å²) in [6.07, 6.45) is -1.70. The molecule has 0 fully saturated rings. The maximum Gasteiger partial charge on any atom is 0.333 e. The highest BCUT2D eigenvalue weighted by atomic mass is 35.5. The van der Waals surface area contributed by atoms with Gasteiger partial charge in [-0.05, 0) is 55.8 Å². The van der Waals surface area contributed by atoms with Crippen molar-refractivity contribution in [1.82, 2.24) is 0 Å². The summed E-state index contributed by atoms with van der Waals surface area (Å²) in [5.41, 5.74) is 0.775. The number of carboxylic acid groups (broad SMARTS) is 1. The van der Waals surface area contributed by atoms with E-state index in [2.05, 4.69) is 0 Å². The zero-order valence-electron chi connectivity index (χ0n) is 15.9. The van der Waals surface area contributed by atoms with E-state index in [1.165, 1.54) is 0 Å². The van der Waals surface area contributed by atoms with E-state index >= 15 is 0 Å². The summed E-state index contributed by atoms with van der Waals surface area (Å²) >= 11 is 5.81. The minimum atomic E-state index is -1.00. The highest BCUT2D eigenvalue weighted by Gasteiger charge is 2.20. The SMILES string of the molecule is CC(C)O[C@@H](Cc1cccc(OC[C@H](O)COc2ccc(Cl)cc2)c1)C(=O)O. The minimum absolute atomic E-state index is 0.0435. The third-order valence-electron chi connectivity index (χ3n) is 3.73. The van der Waals surface area contributed by atoms with Crippen molar-refractivity contribution in [1.29, 1.82) is 0 Å². The lowest BCUT2D eigenvalue weighted by Gasteiger charge is -2.17. The molecule has 0 heterocycles. The Balaban J connectivity index is 1.84. The average molecular weight is 409 g/mol. The van der Waals surface area contributed by atoms with Crippen LogP contribution in [0.1, 0.15) is 19.4 Å². The van der Waals surface area contributed by atoms with Gasteiger partial charge in [-0.2, -0.15) is 0 Å². The fourth-order valence-electron chi connectivity index (χ4n) is 2.46. The topological polar surface area (TPSA) is 85.2 Å². The van der Waals surface area contributed by atoms with Gasteiger partial charge < -0.3 is 24.4 Å². The largest absolute Gasteiger partial charge is 0.491 e. The van der Waals surface area contributed by atoms with Crippen molar-refractivity contribution in [2.45, 2.75) is 38.6 Å². The standard InChI is InChI=1S/C21H25ClO6/c1-14(2)28-20(21(24)25)11-15-4-3-5-19(10-15)27-13-17(23)12-26-18-8-6-16(22)7-9-18/h3-10,14,17,20,23H,11-13H2,1-2H3,(H,24,25)/t17-,20+/m1/s1. The van der Waals surface area contributed by atoms with Gasteiger partial charge in [-0.15, -0.1) is 0 Å². The van der Waals surface area contributed by atoms with E-state index in [-0.39, 0.29) is 25.7 Å². The molecule has 0 radical (unpaired) electrons. The molecule has 2 aromatic carbocycles. The van der Waals surface area contributed by atoms with Crippen LogP contribution in [0.2, 0.25) is 5.02 Å². The van der Waals surface area contributed by atoms with Crippen molar-refractivity contribution < 1.29 is 29.2 Å². The maximum atomic E-state index is 11.3. The first-order valence-corrected chi connectivity index (χ1v) is 9.37. The molecular weight excluding hydrogens is 384 g/mol. The van der Waals surface area contributed by atoms with Crippen molar-refractivity contribution in [3.63, 3.8) is 0 Å². The third kappa shape index (κ3) is 7.76. The summed E-state index contributed by atoms with van der Waals surface area (Å²) < 4.78 is 16.5. The van der Waals surface area contributed by atoms with E-state index in [0.29, 0.717) is 16.5 Å². The van der Waals surface area contributed by atoms with Crippen LogP contribution in [0.15, 0.2) is 48.5 Å². The van der Waals surface area contributed by atoms with Gasteiger partial charge in [0.05, 0.1) is 6.10 Å². The third-order valence-corrected chi connectivity index (χ3v) is 3.98. The van der Waals surface area contributed by atoms with Gasteiger partial charge in [0.2, 0.25) is 0 Å². The number of rotatable bonds is 11. The van der Waals surface area contributed by atoms with Crippen LogP contribution in [0, 0.1) is 0 Å². The highest BCUT2D eigenvalue weighted by Crippen LogP contribution is 2.18. The number of halogens is 1. The lowest BCUT2D eigenvalue weighted by molar-refractivity contribution is -0.153. The molecule has 0 aromatic heterocycles. The molecule has 2 N–H and O–H groups in total. The van der Waals surface area contributed by atoms with Crippen LogP contribution in [0.3, 0.4) is 0 Å². The number of carbonyl (C=O) groups is 1. The smallest absolute Gasteiger partial charge is 0.333 e. The second-order valence-corrected chi connectivity index (χ2v) is 7.03. The Bertz CT molecular complexity index is 747. The predicted molar refractivity (Wildman–Crippen MR) is 106 cm³/mol. The molecule has 0 bridgehead atoms. The number of hydrogen-bond acceptors (Lipinski definition) is 5. The fraction of sp³-hybridized carbons (Fsp3) is 0.381. The normalized spacial score (nSPS) is 13.2. The Hall–Kier alpha value is -2.28. The molecule has 152 valence electrons. The molecular formula is C21H25ClO6. The summed E-state index contributed by atoms with van der Waals surface area (Å²) in [4.78, 5) is 11.3. The van der Waals surface area contributed by atoms with Gasteiger partial charge in [-0.1, -0.05) is 23.7 Å². The van der Waals surface area contributed by atoms with Crippen LogP contribution in [-0.4, -0.2) is 47.7 Å². The number of ether oxygens (including phenoxy) is 3. The molecule has 2 aromatic rings. The van der Waals surface area contributed by atoms with Crippen LogP contribution in [-0.2, 0) is 16.0 Å². The number of aliphatic carboxylic acids is 1. The molecule has 0 saturated carbocycles. The van der Waals surface area contributed by atoms with E-state index in [9.17, 15) is 15.0 Å². The van der Waals surface area contributed by atoms with E-state index in [4.69, 9.17) is 25.8 Å². The Kier molecular flexibility index (Phi) is 8.57. The molecule has 0 aliphatic carbocycles. The molecule has 0 saturated heterocycles. The highest BCUT2D eigenvalue weighted by molar-refractivity contribution is 6.30. The lowest BCUT2D eigenvalue weighted by atomic mass is 10.1. The Labute approximate surface area is 169 Å². The summed E-state index contributed by atoms with van der Waals surface area (Å²) in [6, 6.07) is 13.9. The number of aliphatic hydroxyl groups is 1. The van der Waals surface area contributed by atoms with E-state index in [0.717, 1.165) is 5.56 Å². The molecule has 7 heteroatoms. The monoisotopic (exact) mass is 408 g/mol. The molecule has 0 spiro atoms. The minimum Gasteiger partial charge on any atom is -0.491 e. The van der Waals surface area contributed by atoms with Crippen LogP contribution < -0.4 is 9.47 Å². The van der Waals surface area contributed by atoms with Crippen molar-refractivity contribution in [2.24, 2.45) is 0 Å². The summed E-state index contributed by atoms with van der Waals surface area (Å²) in [7, 11) is 0. The number of aliphatic hydroxyl groups excluding tert-OH is 1. The van der Waals surface area contributed by atoms with Crippen LogP contribution in [0.5, 0.6) is 11.5 Å². The Morgan fingerprint density at radius 2 is 1.68 bits per heavy atom. The van der Waals surface area contributed by atoms with E-state index in [1.54, 1.807) is 56.3 Å². The number of benzene rings is 2. The average Bonchev–Trinajstić information content (AvgIpc) is 2.65. The molecule has 0 amide bonds. The molecule has 0 aliphatic rings. The summed E-state index contributed by atoms with van der Waals surface area (Å²) in [5, 5.41) is 19.9.